The molecule has 1 fully saturated rings. The van der Waals surface area contributed by atoms with Gasteiger partial charge >= 0.3 is 6.03 Å². The van der Waals surface area contributed by atoms with E-state index in [-0.39, 0.29) is 6.03 Å². The van der Waals surface area contributed by atoms with Gasteiger partial charge in [-0.3, -0.25) is 0 Å². The molecule has 2 heterocycles. The first-order chi connectivity index (χ1) is 11.7. The average molecular weight is 326 g/mol. The minimum atomic E-state index is 0.000497. The lowest BCUT2D eigenvalue weighted by molar-refractivity contribution is 0.193. The summed E-state index contributed by atoms with van der Waals surface area (Å²) in [6.07, 6.45) is 6.83. The number of amides is 2. The molecule has 0 unspecified atom stereocenters. The third-order valence-corrected chi connectivity index (χ3v) is 4.82. The fourth-order valence-electron chi connectivity index (χ4n) is 3.36. The van der Waals surface area contributed by atoms with E-state index in [1.165, 1.54) is 5.56 Å². The largest absolute Gasteiger partial charge is 0.335 e. The first-order valence-electron chi connectivity index (χ1n) is 8.87. The maximum Gasteiger partial charge on any atom is 0.321 e. The van der Waals surface area contributed by atoms with Crippen LogP contribution in [0.5, 0.6) is 0 Å². The summed E-state index contributed by atoms with van der Waals surface area (Å²) in [6, 6.07) is 8.06. The first kappa shape index (κ1) is 16.6. The van der Waals surface area contributed by atoms with Crippen molar-refractivity contribution < 1.29 is 4.79 Å². The van der Waals surface area contributed by atoms with Gasteiger partial charge < -0.3 is 14.8 Å². The first-order valence-corrected chi connectivity index (χ1v) is 8.87. The van der Waals surface area contributed by atoms with Crippen LogP contribution in [0.1, 0.15) is 44.0 Å². The SMILES string of the molecule is CCc1cccc(NC(=O)N2CCC(c3nccn3CC)CC2)c1. The van der Waals surface area contributed by atoms with Gasteiger partial charge in [0.15, 0.2) is 0 Å². The molecule has 1 N–H and O–H groups in total. The van der Waals surface area contributed by atoms with Crippen LogP contribution in [0.15, 0.2) is 36.7 Å². The van der Waals surface area contributed by atoms with E-state index < -0.39 is 0 Å². The number of carbonyl (C=O) groups excluding carboxylic acids is 1. The van der Waals surface area contributed by atoms with Crippen LogP contribution in [-0.4, -0.2) is 33.6 Å². The fourth-order valence-corrected chi connectivity index (χ4v) is 3.36. The Labute approximate surface area is 143 Å². The molecule has 0 aliphatic carbocycles. The van der Waals surface area contributed by atoms with Crippen molar-refractivity contribution in [1.29, 1.82) is 0 Å². The Bertz CT molecular complexity index is 686. The summed E-state index contributed by atoms with van der Waals surface area (Å²) in [7, 11) is 0. The number of imidazole rings is 1. The Morgan fingerprint density at radius 1 is 1.29 bits per heavy atom. The molecular formula is C19H26N4O. The molecule has 2 aromatic rings. The Balaban J connectivity index is 1.57. The molecule has 1 aliphatic heterocycles. The standard InChI is InChI=1S/C19H26N4O/c1-3-15-6-5-7-17(14-15)21-19(24)23-11-8-16(9-12-23)18-20-10-13-22(18)4-2/h5-7,10,13-14,16H,3-4,8-9,11-12H2,1-2H3,(H,21,24). The maximum atomic E-state index is 12.5. The number of hydrogen-bond donors (Lipinski definition) is 1. The molecule has 5 nitrogen and oxygen atoms in total. The molecule has 128 valence electrons. The average Bonchev–Trinajstić information content (AvgIpc) is 3.10. The Kier molecular flexibility index (Phi) is 5.18. The topological polar surface area (TPSA) is 50.2 Å². The van der Waals surface area contributed by atoms with E-state index in [1.54, 1.807) is 0 Å². The van der Waals surface area contributed by atoms with Crippen molar-refractivity contribution in [2.75, 3.05) is 18.4 Å². The Morgan fingerprint density at radius 3 is 2.79 bits per heavy atom. The molecule has 0 atom stereocenters. The van der Waals surface area contributed by atoms with E-state index in [9.17, 15) is 4.79 Å². The van der Waals surface area contributed by atoms with Crippen LogP contribution in [0.4, 0.5) is 10.5 Å². The normalized spacial score (nSPS) is 15.5. The third kappa shape index (κ3) is 3.61. The highest BCUT2D eigenvalue weighted by molar-refractivity contribution is 5.89. The predicted molar refractivity (Wildman–Crippen MR) is 96.3 cm³/mol. The number of aromatic nitrogens is 2. The van der Waals surface area contributed by atoms with Crippen LogP contribution < -0.4 is 5.32 Å². The lowest BCUT2D eigenvalue weighted by atomic mass is 9.96. The van der Waals surface area contributed by atoms with Crippen LogP contribution in [0.3, 0.4) is 0 Å². The van der Waals surface area contributed by atoms with Gasteiger partial charge in [0, 0.05) is 43.6 Å². The molecule has 0 saturated carbocycles. The highest BCUT2D eigenvalue weighted by Crippen LogP contribution is 2.27. The number of anilines is 1. The van der Waals surface area contributed by atoms with Crippen LogP contribution in [-0.2, 0) is 13.0 Å². The Hall–Kier alpha value is -2.30. The van der Waals surface area contributed by atoms with Crippen LogP contribution in [0.2, 0.25) is 0 Å². The van der Waals surface area contributed by atoms with Gasteiger partial charge in [-0.2, -0.15) is 0 Å². The number of nitrogens with one attached hydrogen (secondary N) is 1. The zero-order chi connectivity index (χ0) is 16.9. The lowest BCUT2D eigenvalue weighted by Gasteiger charge is -2.32. The lowest BCUT2D eigenvalue weighted by Crippen LogP contribution is -2.40. The number of hydrogen-bond acceptors (Lipinski definition) is 2. The van der Waals surface area contributed by atoms with Crippen molar-refractivity contribution in [3.63, 3.8) is 0 Å². The van der Waals surface area contributed by atoms with Crippen molar-refractivity contribution in [2.24, 2.45) is 0 Å². The summed E-state index contributed by atoms with van der Waals surface area (Å²) in [6.45, 7) is 6.76. The molecule has 0 bridgehead atoms. The summed E-state index contributed by atoms with van der Waals surface area (Å²) in [5.41, 5.74) is 2.11. The van der Waals surface area contributed by atoms with Crippen molar-refractivity contribution in [3.05, 3.63) is 48.0 Å². The summed E-state index contributed by atoms with van der Waals surface area (Å²) >= 11 is 0. The summed E-state index contributed by atoms with van der Waals surface area (Å²) in [4.78, 5) is 18.9. The number of piperidine rings is 1. The minimum absolute atomic E-state index is 0.000497. The smallest absolute Gasteiger partial charge is 0.321 e. The molecular weight excluding hydrogens is 300 g/mol. The predicted octanol–water partition coefficient (Wildman–Crippen LogP) is 3.88. The number of likely N-dealkylation sites (tertiary alicyclic amines) is 1. The number of benzene rings is 1. The maximum absolute atomic E-state index is 12.5. The highest BCUT2D eigenvalue weighted by Gasteiger charge is 2.26. The van der Waals surface area contributed by atoms with Gasteiger partial charge in [0.25, 0.3) is 0 Å². The van der Waals surface area contributed by atoms with Crippen molar-refractivity contribution in [1.82, 2.24) is 14.5 Å². The fraction of sp³-hybridized carbons (Fsp3) is 0.474. The summed E-state index contributed by atoms with van der Waals surface area (Å²) < 4.78 is 2.21. The quantitative estimate of drug-likeness (QED) is 0.927. The van der Waals surface area contributed by atoms with E-state index >= 15 is 0 Å². The Morgan fingerprint density at radius 2 is 2.08 bits per heavy atom. The number of rotatable bonds is 4. The molecule has 1 aliphatic rings. The second-order valence-corrected chi connectivity index (χ2v) is 6.32. The number of aryl methyl sites for hydroxylation is 2. The number of nitrogens with zero attached hydrogens (tertiary/aromatic N) is 3. The van der Waals surface area contributed by atoms with Crippen LogP contribution in [0.25, 0.3) is 0 Å². The molecule has 1 aromatic carbocycles. The zero-order valence-electron chi connectivity index (χ0n) is 14.5. The third-order valence-electron chi connectivity index (χ3n) is 4.82. The van der Waals surface area contributed by atoms with Gasteiger partial charge in [-0.25, -0.2) is 9.78 Å². The van der Waals surface area contributed by atoms with Gasteiger partial charge in [-0.05, 0) is 43.9 Å². The van der Waals surface area contributed by atoms with Gasteiger partial charge in [0.05, 0.1) is 0 Å². The van der Waals surface area contributed by atoms with Gasteiger partial charge in [0.2, 0.25) is 0 Å². The molecule has 1 saturated heterocycles. The number of carbonyl (C=O) groups is 1. The molecule has 24 heavy (non-hydrogen) atoms. The van der Waals surface area contributed by atoms with E-state index in [4.69, 9.17) is 0 Å². The van der Waals surface area contributed by atoms with E-state index in [0.29, 0.717) is 5.92 Å². The molecule has 3 rings (SSSR count). The minimum Gasteiger partial charge on any atom is -0.335 e. The summed E-state index contributed by atoms with van der Waals surface area (Å²) in [5.74, 6) is 1.61. The second-order valence-electron chi connectivity index (χ2n) is 6.32. The van der Waals surface area contributed by atoms with E-state index in [2.05, 4.69) is 34.8 Å². The second kappa shape index (κ2) is 7.51. The van der Waals surface area contributed by atoms with Crippen molar-refractivity contribution in [2.45, 2.75) is 45.6 Å². The molecule has 5 heteroatoms. The van der Waals surface area contributed by atoms with E-state index in [0.717, 1.165) is 50.4 Å². The molecule has 1 aromatic heterocycles. The zero-order valence-corrected chi connectivity index (χ0v) is 14.5. The summed E-state index contributed by atoms with van der Waals surface area (Å²) in [5, 5.41) is 3.02. The van der Waals surface area contributed by atoms with Gasteiger partial charge in [0.1, 0.15) is 5.82 Å². The molecule has 2 amide bonds. The van der Waals surface area contributed by atoms with Crippen LogP contribution >= 0.6 is 0 Å². The molecule has 0 radical (unpaired) electrons. The molecule has 0 spiro atoms. The monoisotopic (exact) mass is 326 g/mol. The highest BCUT2D eigenvalue weighted by atomic mass is 16.2. The number of urea groups is 1. The van der Waals surface area contributed by atoms with Crippen LogP contribution in [0, 0.1) is 0 Å². The van der Waals surface area contributed by atoms with Gasteiger partial charge in [-0.15, -0.1) is 0 Å². The van der Waals surface area contributed by atoms with Crippen molar-refractivity contribution in [3.8, 4) is 0 Å². The van der Waals surface area contributed by atoms with Gasteiger partial charge in [-0.1, -0.05) is 19.1 Å². The van der Waals surface area contributed by atoms with Crippen molar-refractivity contribution >= 4 is 11.7 Å². The van der Waals surface area contributed by atoms with E-state index in [1.807, 2.05) is 35.5 Å².